The van der Waals surface area contributed by atoms with Crippen molar-refractivity contribution in [1.29, 1.82) is 0 Å². The summed E-state index contributed by atoms with van der Waals surface area (Å²) in [6.45, 7) is 4.41. The zero-order chi connectivity index (χ0) is 17.5. The lowest BCUT2D eigenvalue weighted by Gasteiger charge is -2.40. The first-order valence-electron chi connectivity index (χ1n) is 9.84. The molecule has 1 aliphatic carbocycles. The minimum absolute atomic E-state index is 0.0706. The van der Waals surface area contributed by atoms with E-state index in [0.717, 1.165) is 26.1 Å². The molecule has 1 saturated heterocycles. The quantitative estimate of drug-likeness (QED) is 0.795. The molecule has 0 spiro atoms. The van der Waals surface area contributed by atoms with Gasteiger partial charge < -0.3 is 15.4 Å². The highest BCUT2D eigenvalue weighted by molar-refractivity contribution is 5.76. The minimum Gasteiger partial charge on any atom is -0.381 e. The molecule has 4 heteroatoms. The number of carbonyl (C=O) groups excluding carboxylic acids is 1. The Hall–Kier alpha value is -1.39. The molecule has 1 aromatic carbocycles. The average Bonchev–Trinajstić information content (AvgIpc) is 3.15. The van der Waals surface area contributed by atoms with Gasteiger partial charge in [0.25, 0.3) is 0 Å². The molecule has 1 atom stereocenters. The summed E-state index contributed by atoms with van der Waals surface area (Å²) < 4.78 is 5.57. The third-order valence-corrected chi connectivity index (χ3v) is 5.84. The fraction of sp³-hybridized carbons (Fsp3) is 0.667. The lowest BCUT2D eigenvalue weighted by atomic mass is 9.88. The first-order valence-corrected chi connectivity index (χ1v) is 9.84. The van der Waals surface area contributed by atoms with Crippen molar-refractivity contribution in [3.05, 3.63) is 35.9 Å². The molecule has 2 fully saturated rings. The molecule has 0 radical (unpaired) electrons. The standard InChI is InChI=1S/C21H32N2O2/c1-17(19-9-3-2-4-10-19)23-21(11-13-25-14-12-21)16-22-20(24)15-18-7-5-6-8-18/h2-4,9-10,17-18,23H,5-8,11-16H2,1H3,(H,22,24)/t17-/m0/s1. The van der Waals surface area contributed by atoms with Crippen molar-refractivity contribution in [2.75, 3.05) is 19.8 Å². The Morgan fingerprint density at radius 2 is 1.88 bits per heavy atom. The molecular weight excluding hydrogens is 312 g/mol. The van der Waals surface area contributed by atoms with E-state index in [1.807, 2.05) is 6.07 Å². The van der Waals surface area contributed by atoms with Crippen molar-refractivity contribution in [3.63, 3.8) is 0 Å². The zero-order valence-electron chi connectivity index (χ0n) is 15.4. The predicted octanol–water partition coefficient (Wildman–Crippen LogP) is 3.58. The monoisotopic (exact) mass is 344 g/mol. The van der Waals surface area contributed by atoms with E-state index >= 15 is 0 Å². The Morgan fingerprint density at radius 3 is 2.56 bits per heavy atom. The van der Waals surface area contributed by atoms with Gasteiger partial charge in [0.05, 0.1) is 0 Å². The van der Waals surface area contributed by atoms with Gasteiger partial charge in [-0.25, -0.2) is 0 Å². The van der Waals surface area contributed by atoms with Crippen molar-refractivity contribution >= 4 is 5.91 Å². The summed E-state index contributed by atoms with van der Waals surface area (Å²) in [6.07, 6.45) is 7.58. The number of rotatable bonds is 7. The first kappa shape index (κ1) is 18.4. The molecule has 3 rings (SSSR count). The third kappa shape index (κ3) is 5.29. The summed E-state index contributed by atoms with van der Waals surface area (Å²) in [5.74, 6) is 0.814. The smallest absolute Gasteiger partial charge is 0.220 e. The van der Waals surface area contributed by atoms with Crippen LogP contribution in [-0.2, 0) is 9.53 Å². The average molecular weight is 344 g/mol. The van der Waals surface area contributed by atoms with Crippen molar-refractivity contribution in [2.45, 2.75) is 63.5 Å². The maximum absolute atomic E-state index is 12.4. The summed E-state index contributed by atoms with van der Waals surface area (Å²) in [5, 5.41) is 7.02. The Labute approximate surface area is 151 Å². The van der Waals surface area contributed by atoms with Gasteiger partial charge in [0.15, 0.2) is 0 Å². The first-order chi connectivity index (χ1) is 12.2. The van der Waals surface area contributed by atoms with Crippen molar-refractivity contribution in [3.8, 4) is 0 Å². The molecule has 138 valence electrons. The SMILES string of the molecule is C[C@H](NC1(CNC(=O)CC2CCCC2)CCOCC1)c1ccccc1. The summed E-state index contributed by atoms with van der Waals surface area (Å²) >= 11 is 0. The van der Waals surface area contributed by atoms with Gasteiger partial charge in [0.2, 0.25) is 5.91 Å². The fourth-order valence-corrected chi connectivity index (χ4v) is 4.24. The van der Waals surface area contributed by atoms with Gasteiger partial charge in [-0.15, -0.1) is 0 Å². The van der Waals surface area contributed by atoms with E-state index in [1.54, 1.807) is 0 Å². The molecule has 2 N–H and O–H groups in total. The second-order valence-electron chi connectivity index (χ2n) is 7.80. The van der Waals surface area contributed by atoms with Crippen molar-refractivity contribution in [2.24, 2.45) is 5.92 Å². The molecule has 1 aliphatic heterocycles. The fourth-order valence-electron chi connectivity index (χ4n) is 4.24. The molecule has 0 unspecified atom stereocenters. The van der Waals surface area contributed by atoms with E-state index in [9.17, 15) is 4.79 Å². The number of ether oxygens (including phenoxy) is 1. The normalized spacial score (nSPS) is 21.8. The van der Waals surface area contributed by atoms with Gasteiger partial charge in [-0.1, -0.05) is 43.2 Å². The second-order valence-corrected chi connectivity index (χ2v) is 7.80. The van der Waals surface area contributed by atoms with Crippen LogP contribution in [0.4, 0.5) is 0 Å². The maximum Gasteiger partial charge on any atom is 0.220 e. The predicted molar refractivity (Wildman–Crippen MR) is 100 cm³/mol. The van der Waals surface area contributed by atoms with E-state index in [2.05, 4.69) is 41.8 Å². The van der Waals surface area contributed by atoms with E-state index in [4.69, 9.17) is 4.74 Å². The summed E-state index contributed by atoms with van der Waals surface area (Å²) in [6, 6.07) is 10.8. The van der Waals surface area contributed by atoms with Crippen LogP contribution in [0.5, 0.6) is 0 Å². The second kappa shape index (κ2) is 8.81. The molecule has 1 heterocycles. The van der Waals surface area contributed by atoms with Crippen LogP contribution in [0.3, 0.4) is 0 Å². The van der Waals surface area contributed by atoms with Crippen LogP contribution >= 0.6 is 0 Å². The van der Waals surface area contributed by atoms with Gasteiger partial charge >= 0.3 is 0 Å². The highest BCUT2D eigenvalue weighted by Crippen LogP contribution is 2.28. The minimum atomic E-state index is -0.0706. The molecule has 0 aromatic heterocycles. The lowest BCUT2D eigenvalue weighted by Crippen LogP contribution is -2.57. The van der Waals surface area contributed by atoms with Gasteiger partial charge in [0.1, 0.15) is 0 Å². The molecule has 1 saturated carbocycles. The highest BCUT2D eigenvalue weighted by atomic mass is 16.5. The van der Waals surface area contributed by atoms with Crippen LogP contribution in [0.1, 0.15) is 63.5 Å². The number of benzene rings is 1. The van der Waals surface area contributed by atoms with E-state index in [0.29, 0.717) is 18.9 Å². The zero-order valence-corrected chi connectivity index (χ0v) is 15.4. The van der Waals surface area contributed by atoms with Crippen molar-refractivity contribution in [1.82, 2.24) is 10.6 Å². The summed E-state index contributed by atoms with van der Waals surface area (Å²) in [7, 11) is 0. The number of hydrogen-bond acceptors (Lipinski definition) is 3. The molecular formula is C21H32N2O2. The number of nitrogens with one attached hydrogen (secondary N) is 2. The molecule has 2 aliphatic rings. The van der Waals surface area contributed by atoms with Gasteiger partial charge in [0, 0.05) is 37.8 Å². The summed E-state index contributed by atoms with van der Waals surface area (Å²) in [5.41, 5.74) is 1.21. The van der Waals surface area contributed by atoms with Gasteiger partial charge in [-0.05, 0) is 44.1 Å². The number of amides is 1. The molecule has 1 aromatic rings. The van der Waals surface area contributed by atoms with Crippen LogP contribution in [0.2, 0.25) is 0 Å². The number of hydrogen-bond donors (Lipinski definition) is 2. The number of carbonyl (C=O) groups is 1. The van der Waals surface area contributed by atoms with Gasteiger partial charge in [-0.2, -0.15) is 0 Å². The largest absolute Gasteiger partial charge is 0.381 e. The maximum atomic E-state index is 12.4. The van der Waals surface area contributed by atoms with E-state index < -0.39 is 0 Å². The third-order valence-electron chi connectivity index (χ3n) is 5.84. The molecule has 0 bridgehead atoms. The van der Waals surface area contributed by atoms with Gasteiger partial charge in [-0.3, -0.25) is 4.79 Å². The van der Waals surface area contributed by atoms with E-state index in [-0.39, 0.29) is 17.5 Å². The van der Waals surface area contributed by atoms with Crippen LogP contribution in [-0.4, -0.2) is 31.2 Å². The Bertz CT molecular complexity index is 534. The Kier molecular flexibility index (Phi) is 6.49. The molecule has 1 amide bonds. The summed E-state index contributed by atoms with van der Waals surface area (Å²) in [4.78, 5) is 12.4. The lowest BCUT2D eigenvalue weighted by molar-refractivity contribution is -0.122. The topological polar surface area (TPSA) is 50.4 Å². The van der Waals surface area contributed by atoms with Crippen LogP contribution in [0.15, 0.2) is 30.3 Å². The molecule has 25 heavy (non-hydrogen) atoms. The Balaban J connectivity index is 1.57. The van der Waals surface area contributed by atoms with Crippen LogP contribution < -0.4 is 10.6 Å². The highest BCUT2D eigenvalue weighted by Gasteiger charge is 2.34. The van der Waals surface area contributed by atoms with E-state index in [1.165, 1.54) is 31.2 Å². The van der Waals surface area contributed by atoms with Crippen molar-refractivity contribution < 1.29 is 9.53 Å². The molecule has 4 nitrogen and oxygen atoms in total. The Morgan fingerprint density at radius 1 is 1.20 bits per heavy atom. The van der Waals surface area contributed by atoms with Crippen LogP contribution in [0, 0.1) is 5.92 Å². The van der Waals surface area contributed by atoms with Crippen LogP contribution in [0.25, 0.3) is 0 Å².